The Balaban J connectivity index is 0.000000259. The second-order valence-corrected chi connectivity index (χ2v) is 7.84. The van der Waals surface area contributed by atoms with Crippen molar-refractivity contribution in [3.05, 3.63) is 47.5 Å². The summed E-state index contributed by atoms with van der Waals surface area (Å²) in [6, 6.07) is 12.9. The van der Waals surface area contributed by atoms with Crippen LogP contribution in [0.5, 0.6) is 0 Å². The fraction of sp³-hybridized carbons (Fsp3) is 0.577. The van der Waals surface area contributed by atoms with Gasteiger partial charge in [0.05, 0.1) is 7.11 Å². The highest BCUT2D eigenvalue weighted by atomic mass is 17.1. The lowest BCUT2D eigenvalue weighted by Crippen LogP contribution is -2.48. The van der Waals surface area contributed by atoms with Crippen LogP contribution >= 0.6 is 0 Å². The lowest BCUT2D eigenvalue weighted by Gasteiger charge is -2.32. The van der Waals surface area contributed by atoms with Gasteiger partial charge in [0, 0.05) is 32.1 Å². The Morgan fingerprint density at radius 3 is 1.84 bits per heavy atom. The van der Waals surface area contributed by atoms with Crippen LogP contribution in [-0.4, -0.2) is 49.4 Å². The Kier molecular flexibility index (Phi) is 13.8. The minimum atomic E-state index is 0.349. The Morgan fingerprint density at radius 2 is 1.39 bits per heavy atom. The molecule has 1 saturated carbocycles. The smallest absolute Gasteiger partial charge is 0.225 e. The van der Waals surface area contributed by atoms with E-state index in [1.165, 1.54) is 48.3 Å². The molecule has 2 N–H and O–H groups in total. The van der Waals surface area contributed by atoms with E-state index >= 15 is 0 Å². The fourth-order valence-electron chi connectivity index (χ4n) is 4.12. The van der Waals surface area contributed by atoms with E-state index < -0.39 is 0 Å². The van der Waals surface area contributed by atoms with Crippen molar-refractivity contribution >= 4 is 16.7 Å². The molecule has 174 valence electrons. The van der Waals surface area contributed by atoms with E-state index in [0.29, 0.717) is 11.8 Å². The number of piperazine rings is 1. The van der Waals surface area contributed by atoms with E-state index in [0.717, 1.165) is 39.0 Å². The molecule has 4 rings (SSSR count). The zero-order valence-electron chi connectivity index (χ0n) is 20.1. The topological polar surface area (TPSA) is 61.8 Å². The minimum absolute atomic E-state index is 0.349. The number of carbonyl (C=O) groups excluding carboxylic acids is 1. The molecule has 2 aliphatic rings. The maximum Gasteiger partial charge on any atom is 0.225 e. The molecule has 0 aromatic heterocycles. The van der Waals surface area contributed by atoms with E-state index in [9.17, 15) is 4.79 Å². The highest BCUT2D eigenvalue weighted by molar-refractivity contribution is 5.88. The van der Waals surface area contributed by atoms with Crippen molar-refractivity contribution in [3.63, 3.8) is 0 Å². The molecule has 2 fully saturated rings. The van der Waals surface area contributed by atoms with Gasteiger partial charge in [-0.25, -0.2) is 4.89 Å². The molecule has 5 nitrogen and oxygen atoms in total. The number of hydrogen-bond acceptors (Lipinski definition) is 4. The number of nitrogens with zero attached hydrogens (tertiary/aromatic N) is 1. The van der Waals surface area contributed by atoms with Gasteiger partial charge in [-0.2, -0.15) is 0 Å². The van der Waals surface area contributed by atoms with Gasteiger partial charge >= 0.3 is 0 Å². The summed E-state index contributed by atoms with van der Waals surface area (Å²) in [5.41, 5.74) is 2.72. The summed E-state index contributed by atoms with van der Waals surface area (Å²) >= 11 is 0. The number of rotatable bonds is 1. The molecule has 1 heterocycles. The van der Waals surface area contributed by atoms with E-state index in [1.807, 2.05) is 18.7 Å². The fourth-order valence-corrected chi connectivity index (χ4v) is 4.12. The van der Waals surface area contributed by atoms with Gasteiger partial charge in [0.1, 0.15) is 0 Å². The monoisotopic (exact) mass is 430 g/mol. The van der Waals surface area contributed by atoms with Crippen LogP contribution in [0.1, 0.15) is 57.1 Å². The average Bonchev–Trinajstić information content (AvgIpc) is 2.83. The van der Waals surface area contributed by atoms with E-state index in [1.54, 1.807) is 0 Å². The molecule has 0 unspecified atom stereocenters. The number of carbonyl (C=O) groups is 1. The van der Waals surface area contributed by atoms with Gasteiger partial charge < -0.3 is 10.2 Å². The Morgan fingerprint density at radius 1 is 0.935 bits per heavy atom. The van der Waals surface area contributed by atoms with Crippen LogP contribution in [-0.2, 0) is 9.68 Å². The van der Waals surface area contributed by atoms with Crippen molar-refractivity contribution in [1.82, 2.24) is 10.2 Å². The molecular formula is C26H42N2O3. The Labute approximate surface area is 188 Å². The molecular weight excluding hydrogens is 388 g/mol. The van der Waals surface area contributed by atoms with Crippen LogP contribution < -0.4 is 5.32 Å². The highest BCUT2D eigenvalue weighted by Crippen LogP contribution is 2.25. The third kappa shape index (κ3) is 8.98. The minimum Gasteiger partial charge on any atom is -0.340 e. The van der Waals surface area contributed by atoms with Crippen LogP contribution in [0.3, 0.4) is 0 Å². The number of benzene rings is 2. The standard InChI is InChI=1S/C12H12.C11H20N2O.C2H6.CH4O2/c1-9-5-3-8-12-10(2)6-4-7-11(9)12;14-11(10-4-2-1-3-5-10)13-8-6-12-7-9-13;1-2;1-3-2/h3-8H,1-2H3;10,12H,1-9H2;1-2H3;2H,1H3. The first-order valence-corrected chi connectivity index (χ1v) is 11.7. The van der Waals surface area contributed by atoms with Gasteiger partial charge in [-0.1, -0.05) is 69.5 Å². The van der Waals surface area contributed by atoms with Gasteiger partial charge in [-0.05, 0) is 48.6 Å². The van der Waals surface area contributed by atoms with Gasteiger partial charge in [-0.15, -0.1) is 0 Å². The molecule has 5 heteroatoms. The van der Waals surface area contributed by atoms with Gasteiger partial charge in [-0.3, -0.25) is 10.1 Å². The Bertz CT molecular complexity index is 690. The summed E-state index contributed by atoms with van der Waals surface area (Å²) in [6.45, 7) is 12.1. The zero-order valence-corrected chi connectivity index (χ0v) is 20.1. The molecule has 0 spiro atoms. The van der Waals surface area contributed by atoms with Crippen molar-refractivity contribution in [3.8, 4) is 0 Å². The lowest BCUT2D eigenvalue weighted by molar-refractivity contribution is -0.214. The first kappa shape index (κ1) is 27.1. The molecule has 0 radical (unpaired) electrons. The van der Waals surface area contributed by atoms with Gasteiger partial charge in [0.15, 0.2) is 0 Å². The van der Waals surface area contributed by atoms with Crippen LogP contribution in [0.15, 0.2) is 36.4 Å². The Hall–Kier alpha value is -1.95. The quantitative estimate of drug-likeness (QED) is 0.457. The number of nitrogens with one attached hydrogen (secondary N) is 1. The lowest BCUT2D eigenvalue weighted by atomic mass is 9.88. The van der Waals surface area contributed by atoms with E-state index in [2.05, 4.69) is 60.5 Å². The summed E-state index contributed by atoms with van der Waals surface area (Å²) in [4.78, 5) is 17.3. The van der Waals surface area contributed by atoms with Crippen molar-refractivity contribution in [2.75, 3.05) is 33.3 Å². The third-order valence-corrected chi connectivity index (χ3v) is 5.74. The van der Waals surface area contributed by atoms with Crippen LogP contribution in [0, 0.1) is 19.8 Å². The third-order valence-electron chi connectivity index (χ3n) is 5.74. The maximum absolute atomic E-state index is 12.1. The largest absolute Gasteiger partial charge is 0.340 e. The van der Waals surface area contributed by atoms with Gasteiger partial charge in [0.25, 0.3) is 0 Å². The molecule has 31 heavy (non-hydrogen) atoms. The second-order valence-electron chi connectivity index (χ2n) is 7.84. The van der Waals surface area contributed by atoms with Crippen LogP contribution in [0.4, 0.5) is 0 Å². The molecule has 1 aliphatic carbocycles. The second kappa shape index (κ2) is 15.8. The van der Waals surface area contributed by atoms with E-state index in [-0.39, 0.29) is 0 Å². The molecule has 1 amide bonds. The predicted molar refractivity (Wildman–Crippen MR) is 130 cm³/mol. The molecule has 2 aromatic rings. The van der Waals surface area contributed by atoms with Crippen molar-refractivity contribution < 1.29 is 14.9 Å². The number of amides is 1. The molecule has 2 aromatic carbocycles. The summed E-state index contributed by atoms with van der Waals surface area (Å²) in [5.74, 6) is 0.771. The number of hydrogen-bond donors (Lipinski definition) is 2. The first-order chi connectivity index (χ1) is 15.1. The van der Waals surface area contributed by atoms with Crippen molar-refractivity contribution in [2.45, 2.75) is 59.8 Å². The molecule has 1 saturated heterocycles. The highest BCUT2D eigenvalue weighted by Gasteiger charge is 2.26. The normalized spacial score (nSPS) is 16.1. The summed E-state index contributed by atoms with van der Waals surface area (Å²) in [7, 11) is 1.18. The maximum atomic E-state index is 12.1. The van der Waals surface area contributed by atoms with Crippen LogP contribution in [0.25, 0.3) is 10.8 Å². The summed E-state index contributed by atoms with van der Waals surface area (Å²) in [5, 5.41) is 13.1. The summed E-state index contributed by atoms with van der Waals surface area (Å²) in [6.07, 6.45) is 6.09. The molecule has 0 atom stereocenters. The molecule has 1 aliphatic heterocycles. The van der Waals surface area contributed by atoms with Crippen molar-refractivity contribution in [2.24, 2.45) is 5.92 Å². The average molecular weight is 431 g/mol. The van der Waals surface area contributed by atoms with Gasteiger partial charge in [0.2, 0.25) is 5.91 Å². The zero-order chi connectivity index (χ0) is 23.1. The number of aryl methyl sites for hydroxylation is 2. The van der Waals surface area contributed by atoms with E-state index in [4.69, 9.17) is 5.26 Å². The SMILES string of the molecule is CC.COO.Cc1cccc2c(C)cccc12.O=C(C1CCCCC1)N1CCNCC1. The molecule has 0 bridgehead atoms. The van der Waals surface area contributed by atoms with Crippen LogP contribution in [0.2, 0.25) is 0 Å². The first-order valence-electron chi connectivity index (χ1n) is 11.7. The number of fused-ring (bicyclic) bond motifs is 1. The van der Waals surface area contributed by atoms with Crippen molar-refractivity contribution in [1.29, 1.82) is 0 Å². The predicted octanol–water partition coefficient (Wildman–Crippen LogP) is 5.59. The summed E-state index contributed by atoms with van der Waals surface area (Å²) < 4.78 is 0.